The third-order valence-electron chi connectivity index (χ3n) is 2.31. The zero-order chi connectivity index (χ0) is 12.3. The summed E-state index contributed by atoms with van der Waals surface area (Å²) >= 11 is 0. The van der Waals surface area contributed by atoms with E-state index in [4.69, 9.17) is 0 Å². The molecule has 0 bridgehead atoms. The number of ketones is 1. The first kappa shape index (κ1) is 11.3. The molecule has 0 saturated carbocycles. The number of carbonyl (C=O) groups is 1. The summed E-state index contributed by atoms with van der Waals surface area (Å²) in [6, 6.07) is 6.30. The van der Waals surface area contributed by atoms with E-state index in [1.54, 1.807) is 36.1 Å². The van der Waals surface area contributed by atoms with Crippen LogP contribution in [0.25, 0.3) is 6.08 Å². The molecule has 0 N–H and O–H groups in total. The molecule has 0 aliphatic carbocycles. The van der Waals surface area contributed by atoms with E-state index in [2.05, 4.69) is 5.10 Å². The first-order valence-corrected chi connectivity index (χ1v) is 5.12. The van der Waals surface area contributed by atoms with E-state index in [1.807, 2.05) is 0 Å². The van der Waals surface area contributed by atoms with Crippen LogP contribution < -0.4 is 0 Å². The standard InChI is InChI=1S/C13H11FN2O/c1-16-9-11(8-15-16)13(17)7-6-10-4-2-3-5-12(10)14/h2-9H,1H3. The molecule has 0 fully saturated rings. The Morgan fingerprint density at radius 3 is 2.82 bits per heavy atom. The van der Waals surface area contributed by atoms with Crippen LogP contribution in [0.4, 0.5) is 4.39 Å². The van der Waals surface area contributed by atoms with Crippen LogP contribution in [0, 0.1) is 5.82 Å². The molecule has 0 radical (unpaired) electrons. The number of benzene rings is 1. The Balaban J connectivity index is 2.17. The zero-order valence-corrected chi connectivity index (χ0v) is 9.30. The fourth-order valence-corrected chi connectivity index (χ4v) is 1.42. The van der Waals surface area contributed by atoms with Crippen molar-refractivity contribution in [1.29, 1.82) is 0 Å². The summed E-state index contributed by atoms with van der Waals surface area (Å²) < 4.78 is 14.8. The van der Waals surface area contributed by atoms with Gasteiger partial charge in [0.15, 0.2) is 5.78 Å². The molecule has 1 aromatic carbocycles. The van der Waals surface area contributed by atoms with Crippen LogP contribution >= 0.6 is 0 Å². The predicted octanol–water partition coefficient (Wildman–Crippen LogP) is 2.46. The van der Waals surface area contributed by atoms with Crippen molar-refractivity contribution in [3.8, 4) is 0 Å². The van der Waals surface area contributed by atoms with Crippen molar-refractivity contribution in [2.24, 2.45) is 7.05 Å². The second kappa shape index (κ2) is 4.74. The lowest BCUT2D eigenvalue weighted by molar-refractivity contribution is 0.104. The molecule has 2 rings (SSSR count). The highest BCUT2D eigenvalue weighted by atomic mass is 19.1. The lowest BCUT2D eigenvalue weighted by atomic mass is 10.1. The van der Waals surface area contributed by atoms with Crippen LogP contribution in [-0.4, -0.2) is 15.6 Å². The van der Waals surface area contributed by atoms with E-state index >= 15 is 0 Å². The fourth-order valence-electron chi connectivity index (χ4n) is 1.42. The third-order valence-corrected chi connectivity index (χ3v) is 2.31. The quantitative estimate of drug-likeness (QED) is 0.599. The second-order valence-electron chi connectivity index (χ2n) is 3.62. The Hall–Kier alpha value is -2.23. The van der Waals surface area contributed by atoms with Gasteiger partial charge in [0.2, 0.25) is 0 Å². The molecule has 1 heterocycles. The molecule has 0 spiro atoms. The van der Waals surface area contributed by atoms with Crippen molar-refractivity contribution in [1.82, 2.24) is 9.78 Å². The first-order chi connectivity index (χ1) is 8.16. The van der Waals surface area contributed by atoms with Crippen molar-refractivity contribution < 1.29 is 9.18 Å². The topological polar surface area (TPSA) is 34.9 Å². The summed E-state index contributed by atoms with van der Waals surface area (Å²) in [7, 11) is 1.73. The number of aryl methyl sites for hydroxylation is 1. The molecule has 0 saturated heterocycles. The molecule has 0 unspecified atom stereocenters. The number of hydrogen-bond acceptors (Lipinski definition) is 2. The minimum atomic E-state index is -0.345. The summed E-state index contributed by atoms with van der Waals surface area (Å²) in [4.78, 5) is 11.7. The maximum absolute atomic E-state index is 13.3. The maximum atomic E-state index is 13.3. The number of carbonyl (C=O) groups excluding carboxylic acids is 1. The summed E-state index contributed by atoms with van der Waals surface area (Å²) in [5.74, 6) is -0.538. The largest absolute Gasteiger partial charge is 0.289 e. The number of aromatic nitrogens is 2. The van der Waals surface area contributed by atoms with Gasteiger partial charge in [0.1, 0.15) is 5.82 Å². The van der Waals surface area contributed by atoms with Gasteiger partial charge in [0.25, 0.3) is 0 Å². The first-order valence-electron chi connectivity index (χ1n) is 5.12. The van der Waals surface area contributed by atoms with E-state index in [0.29, 0.717) is 11.1 Å². The van der Waals surface area contributed by atoms with Gasteiger partial charge in [0, 0.05) is 18.8 Å². The molecule has 4 heteroatoms. The van der Waals surface area contributed by atoms with Crippen molar-refractivity contribution in [3.05, 3.63) is 59.7 Å². The minimum absolute atomic E-state index is 0.193. The molecule has 0 atom stereocenters. The fraction of sp³-hybridized carbons (Fsp3) is 0.0769. The molecule has 3 nitrogen and oxygen atoms in total. The van der Waals surface area contributed by atoms with Crippen LogP contribution in [-0.2, 0) is 7.05 Å². The van der Waals surface area contributed by atoms with Gasteiger partial charge < -0.3 is 0 Å². The minimum Gasteiger partial charge on any atom is -0.289 e. The summed E-state index contributed by atoms with van der Waals surface area (Å²) in [5, 5.41) is 3.90. The van der Waals surface area contributed by atoms with Crippen molar-refractivity contribution in [2.75, 3.05) is 0 Å². The Morgan fingerprint density at radius 2 is 2.18 bits per heavy atom. The normalized spacial score (nSPS) is 10.9. The smallest absolute Gasteiger partial charge is 0.189 e. The van der Waals surface area contributed by atoms with Crippen molar-refractivity contribution in [2.45, 2.75) is 0 Å². The van der Waals surface area contributed by atoms with E-state index in [0.717, 1.165) is 0 Å². The Bertz CT molecular complexity index is 572. The molecule has 0 aliphatic heterocycles. The summed E-state index contributed by atoms with van der Waals surface area (Å²) in [6.07, 6.45) is 5.90. The molecular formula is C13H11FN2O. The molecule has 0 aliphatic rings. The van der Waals surface area contributed by atoms with Gasteiger partial charge in [0.05, 0.1) is 11.8 Å². The second-order valence-corrected chi connectivity index (χ2v) is 3.62. The number of allylic oxidation sites excluding steroid dienone is 1. The van der Waals surface area contributed by atoms with Gasteiger partial charge in [-0.25, -0.2) is 4.39 Å². The summed E-state index contributed by atoms with van der Waals surface area (Å²) in [6.45, 7) is 0. The molecular weight excluding hydrogens is 219 g/mol. The third kappa shape index (κ3) is 2.66. The van der Waals surface area contributed by atoms with E-state index in [9.17, 15) is 9.18 Å². The van der Waals surface area contributed by atoms with Gasteiger partial charge in [-0.3, -0.25) is 9.48 Å². The highest BCUT2D eigenvalue weighted by molar-refractivity contribution is 6.06. The van der Waals surface area contributed by atoms with E-state index in [1.165, 1.54) is 24.4 Å². The van der Waals surface area contributed by atoms with E-state index < -0.39 is 0 Å². The number of nitrogens with zero attached hydrogens (tertiary/aromatic N) is 2. The highest BCUT2D eigenvalue weighted by Gasteiger charge is 2.04. The Labute approximate surface area is 98.2 Å². The van der Waals surface area contributed by atoms with Crippen LogP contribution in [0.3, 0.4) is 0 Å². The molecule has 1 aromatic heterocycles. The molecule has 2 aromatic rings. The number of hydrogen-bond donors (Lipinski definition) is 0. The Morgan fingerprint density at radius 1 is 1.41 bits per heavy atom. The van der Waals surface area contributed by atoms with Gasteiger partial charge in [-0.2, -0.15) is 5.10 Å². The number of halogens is 1. The average molecular weight is 230 g/mol. The highest BCUT2D eigenvalue weighted by Crippen LogP contribution is 2.09. The summed E-state index contributed by atoms with van der Waals surface area (Å²) in [5.41, 5.74) is 0.879. The molecule has 17 heavy (non-hydrogen) atoms. The van der Waals surface area contributed by atoms with Gasteiger partial charge >= 0.3 is 0 Å². The van der Waals surface area contributed by atoms with Crippen LogP contribution in [0.5, 0.6) is 0 Å². The molecule has 86 valence electrons. The van der Waals surface area contributed by atoms with Crippen LogP contribution in [0.2, 0.25) is 0 Å². The molecule has 0 amide bonds. The average Bonchev–Trinajstić information content (AvgIpc) is 2.74. The van der Waals surface area contributed by atoms with Crippen LogP contribution in [0.1, 0.15) is 15.9 Å². The maximum Gasteiger partial charge on any atom is 0.189 e. The van der Waals surface area contributed by atoms with Gasteiger partial charge in [-0.1, -0.05) is 18.2 Å². The SMILES string of the molecule is Cn1cc(C(=O)C=Cc2ccccc2F)cn1. The van der Waals surface area contributed by atoms with Gasteiger partial charge in [-0.15, -0.1) is 0 Å². The van der Waals surface area contributed by atoms with Crippen molar-refractivity contribution >= 4 is 11.9 Å². The number of rotatable bonds is 3. The lowest BCUT2D eigenvalue weighted by Gasteiger charge is -1.94. The lowest BCUT2D eigenvalue weighted by Crippen LogP contribution is -1.92. The zero-order valence-electron chi connectivity index (χ0n) is 9.30. The van der Waals surface area contributed by atoms with Crippen molar-refractivity contribution in [3.63, 3.8) is 0 Å². The predicted molar refractivity (Wildman–Crippen MR) is 63.0 cm³/mol. The monoisotopic (exact) mass is 230 g/mol. The Kier molecular flexibility index (Phi) is 3.14. The van der Waals surface area contributed by atoms with Crippen LogP contribution in [0.15, 0.2) is 42.7 Å². The van der Waals surface area contributed by atoms with Gasteiger partial charge in [-0.05, 0) is 18.2 Å². The van der Waals surface area contributed by atoms with E-state index in [-0.39, 0.29) is 11.6 Å².